The maximum Gasteiger partial charge on any atom is 0.389 e. The first kappa shape index (κ1) is 18.1. The molecule has 0 aliphatic carbocycles. The number of carboxylic acid groups (broad SMARTS) is 1. The number of halogens is 3. The van der Waals surface area contributed by atoms with E-state index in [-0.39, 0.29) is 13.0 Å². The number of hydrogen-bond donors (Lipinski definition) is 2. The molecule has 1 unspecified atom stereocenters. The molecule has 19 heavy (non-hydrogen) atoms. The highest BCUT2D eigenvalue weighted by Gasteiger charge is 2.29. The van der Waals surface area contributed by atoms with E-state index in [1.54, 1.807) is 0 Å². The van der Waals surface area contributed by atoms with Crippen molar-refractivity contribution in [2.45, 2.75) is 31.5 Å². The predicted molar refractivity (Wildman–Crippen MR) is 60.1 cm³/mol. The van der Waals surface area contributed by atoms with E-state index in [4.69, 9.17) is 5.11 Å². The van der Waals surface area contributed by atoms with Crippen molar-refractivity contribution in [1.82, 2.24) is 4.72 Å². The molecule has 0 fully saturated rings. The van der Waals surface area contributed by atoms with Crippen LogP contribution in [0.25, 0.3) is 0 Å². The average molecular weight is 307 g/mol. The molecule has 0 aliphatic heterocycles. The van der Waals surface area contributed by atoms with Gasteiger partial charge in [0, 0.05) is 20.1 Å². The second-order valence-electron chi connectivity index (χ2n) is 3.83. The average Bonchev–Trinajstić information content (AvgIpc) is 2.21. The van der Waals surface area contributed by atoms with Crippen LogP contribution >= 0.6 is 0 Å². The first-order chi connectivity index (χ1) is 8.57. The summed E-state index contributed by atoms with van der Waals surface area (Å²) in [5.41, 5.74) is 0. The standard InChI is InChI=1S/C9H16F3NO5S/c1-18-5-3-7(8(14)15)13-19(16,17)6-2-4-9(10,11)12/h7,13H,2-6H2,1H3,(H,14,15). The highest BCUT2D eigenvalue weighted by molar-refractivity contribution is 7.89. The summed E-state index contributed by atoms with van der Waals surface area (Å²) in [6.45, 7) is 0.0159. The maximum atomic E-state index is 11.9. The van der Waals surface area contributed by atoms with Crippen molar-refractivity contribution in [2.24, 2.45) is 0 Å². The van der Waals surface area contributed by atoms with Crippen molar-refractivity contribution >= 4 is 16.0 Å². The van der Waals surface area contributed by atoms with Crippen LogP contribution < -0.4 is 4.72 Å². The second-order valence-corrected chi connectivity index (χ2v) is 5.70. The number of aliphatic carboxylic acids is 1. The van der Waals surface area contributed by atoms with Crippen LogP contribution in [0.15, 0.2) is 0 Å². The molecule has 0 aromatic carbocycles. The van der Waals surface area contributed by atoms with E-state index in [9.17, 15) is 26.4 Å². The van der Waals surface area contributed by atoms with Gasteiger partial charge in [0.2, 0.25) is 10.0 Å². The molecule has 0 aromatic rings. The zero-order valence-electron chi connectivity index (χ0n) is 10.2. The van der Waals surface area contributed by atoms with Crippen LogP contribution in [0.1, 0.15) is 19.3 Å². The van der Waals surface area contributed by atoms with Crippen molar-refractivity contribution < 1.29 is 36.2 Å². The van der Waals surface area contributed by atoms with Crippen LogP contribution in [0, 0.1) is 0 Å². The Bertz CT molecular complexity index is 382. The van der Waals surface area contributed by atoms with Crippen molar-refractivity contribution in [3.8, 4) is 0 Å². The van der Waals surface area contributed by atoms with Crippen LogP contribution in [0.2, 0.25) is 0 Å². The first-order valence-electron chi connectivity index (χ1n) is 5.36. The van der Waals surface area contributed by atoms with Gasteiger partial charge in [-0.2, -0.15) is 13.2 Å². The van der Waals surface area contributed by atoms with Gasteiger partial charge in [-0.05, 0) is 12.8 Å². The Balaban J connectivity index is 4.35. The molecule has 0 aliphatic rings. The van der Waals surface area contributed by atoms with Crippen molar-refractivity contribution in [3.05, 3.63) is 0 Å². The Morgan fingerprint density at radius 1 is 1.42 bits per heavy atom. The van der Waals surface area contributed by atoms with Crippen LogP contribution in [0.4, 0.5) is 13.2 Å². The van der Waals surface area contributed by atoms with Gasteiger partial charge >= 0.3 is 12.1 Å². The number of nitrogens with one attached hydrogen (secondary N) is 1. The number of ether oxygens (including phenoxy) is 1. The molecule has 0 spiro atoms. The van der Waals surface area contributed by atoms with E-state index >= 15 is 0 Å². The number of sulfonamides is 1. The summed E-state index contributed by atoms with van der Waals surface area (Å²) in [5, 5.41) is 8.76. The third kappa shape index (κ3) is 9.68. The molecule has 2 N–H and O–H groups in total. The largest absolute Gasteiger partial charge is 0.480 e. The molecule has 6 nitrogen and oxygen atoms in total. The van der Waals surface area contributed by atoms with E-state index in [1.165, 1.54) is 7.11 Å². The van der Waals surface area contributed by atoms with Crippen molar-refractivity contribution in [3.63, 3.8) is 0 Å². The first-order valence-corrected chi connectivity index (χ1v) is 7.01. The quantitative estimate of drug-likeness (QED) is 0.655. The van der Waals surface area contributed by atoms with Gasteiger partial charge in [0.1, 0.15) is 6.04 Å². The minimum absolute atomic E-state index is 0.0159. The summed E-state index contributed by atoms with van der Waals surface area (Å²) >= 11 is 0. The Kier molecular flexibility index (Phi) is 7.30. The Morgan fingerprint density at radius 2 is 2.00 bits per heavy atom. The molecule has 0 radical (unpaired) electrons. The summed E-state index contributed by atoms with van der Waals surface area (Å²) in [4.78, 5) is 10.8. The fraction of sp³-hybridized carbons (Fsp3) is 0.889. The molecule has 114 valence electrons. The fourth-order valence-electron chi connectivity index (χ4n) is 1.21. The van der Waals surface area contributed by atoms with E-state index < -0.39 is 46.8 Å². The zero-order valence-corrected chi connectivity index (χ0v) is 11.1. The van der Waals surface area contributed by atoms with Crippen molar-refractivity contribution in [2.75, 3.05) is 19.5 Å². The van der Waals surface area contributed by atoms with Gasteiger partial charge in [-0.25, -0.2) is 13.1 Å². The predicted octanol–water partition coefficient (Wildman–Crippen LogP) is 0.738. The van der Waals surface area contributed by atoms with Gasteiger partial charge in [0.25, 0.3) is 0 Å². The number of methoxy groups -OCH3 is 1. The van der Waals surface area contributed by atoms with E-state index in [0.29, 0.717) is 0 Å². The van der Waals surface area contributed by atoms with E-state index in [0.717, 1.165) is 0 Å². The smallest absolute Gasteiger partial charge is 0.389 e. The monoisotopic (exact) mass is 307 g/mol. The Hall–Kier alpha value is -0.870. The van der Waals surface area contributed by atoms with Gasteiger partial charge in [0.15, 0.2) is 0 Å². The summed E-state index contributed by atoms with van der Waals surface area (Å²) in [6, 6.07) is -1.41. The highest BCUT2D eigenvalue weighted by Crippen LogP contribution is 2.21. The van der Waals surface area contributed by atoms with Crippen molar-refractivity contribution in [1.29, 1.82) is 0 Å². The fourth-order valence-corrected chi connectivity index (χ4v) is 2.50. The molecule has 0 heterocycles. The number of alkyl halides is 3. The Labute approximate surface area is 109 Å². The van der Waals surface area contributed by atoms with Crippen LogP contribution in [0.3, 0.4) is 0 Å². The highest BCUT2D eigenvalue weighted by atomic mass is 32.2. The molecular formula is C9H16F3NO5S. The number of rotatable bonds is 9. The lowest BCUT2D eigenvalue weighted by Gasteiger charge is -2.14. The second kappa shape index (κ2) is 7.65. The SMILES string of the molecule is COCCC(NS(=O)(=O)CCCC(F)(F)F)C(=O)O. The minimum atomic E-state index is -4.43. The molecule has 0 saturated carbocycles. The summed E-state index contributed by atoms with van der Waals surface area (Å²) < 4.78 is 64.9. The van der Waals surface area contributed by atoms with Gasteiger partial charge in [-0.3, -0.25) is 4.79 Å². The van der Waals surface area contributed by atoms with Gasteiger partial charge in [-0.15, -0.1) is 0 Å². The zero-order chi connectivity index (χ0) is 15.1. The summed E-state index contributed by atoms with van der Waals surface area (Å²) in [5.74, 6) is -2.18. The molecule has 0 rings (SSSR count). The van der Waals surface area contributed by atoms with Crippen LogP contribution in [-0.2, 0) is 19.6 Å². The van der Waals surface area contributed by atoms with Crippen LogP contribution in [0.5, 0.6) is 0 Å². The lowest BCUT2D eigenvalue weighted by Crippen LogP contribution is -2.42. The van der Waals surface area contributed by atoms with E-state index in [2.05, 4.69) is 4.74 Å². The summed E-state index contributed by atoms with van der Waals surface area (Å²) in [7, 11) is -2.75. The molecule has 0 aromatic heterocycles. The minimum Gasteiger partial charge on any atom is -0.480 e. The van der Waals surface area contributed by atoms with Gasteiger partial charge in [0.05, 0.1) is 5.75 Å². The lowest BCUT2D eigenvalue weighted by atomic mass is 10.2. The molecule has 1 atom stereocenters. The third-order valence-electron chi connectivity index (χ3n) is 2.10. The summed E-state index contributed by atoms with van der Waals surface area (Å²) in [6.07, 6.45) is -6.39. The molecular weight excluding hydrogens is 291 g/mol. The molecule has 0 saturated heterocycles. The number of carboxylic acids is 1. The van der Waals surface area contributed by atoms with Crippen LogP contribution in [-0.4, -0.2) is 51.2 Å². The molecule has 0 amide bonds. The van der Waals surface area contributed by atoms with Gasteiger partial charge in [-0.1, -0.05) is 0 Å². The lowest BCUT2D eigenvalue weighted by molar-refractivity contribution is -0.139. The number of carbonyl (C=O) groups is 1. The topological polar surface area (TPSA) is 92.7 Å². The Morgan fingerprint density at radius 3 is 2.42 bits per heavy atom. The normalized spacial score (nSPS) is 14.3. The molecule has 0 bridgehead atoms. The third-order valence-corrected chi connectivity index (χ3v) is 3.57. The molecule has 10 heteroatoms. The number of hydrogen-bond acceptors (Lipinski definition) is 4. The van der Waals surface area contributed by atoms with Gasteiger partial charge < -0.3 is 9.84 Å². The maximum absolute atomic E-state index is 11.9. The van der Waals surface area contributed by atoms with E-state index in [1.807, 2.05) is 4.72 Å².